The average molecular weight is 237 g/mol. The number of aromatic nitrogens is 2. The summed E-state index contributed by atoms with van der Waals surface area (Å²) in [5.74, 6) is 1.34. The molecule has 5 heteroatoms. The van der Waals surface area contributed by atoms with E-state index in [9.17, 15) is 0 Å². The SMILES string of the molecule is CCCCCCCCNc1cc(N)nc(N)n1. The summed E-state index contributed by atoms with van der Waals surface area (Å²) in [4.78, 5) is 7.87. The standard InChI is InChI=1S/C12H23N5/c1-2-3-4-5-6-7-8-15-11-9-10(13)16-12(14)17-11/h9H,2-8H2,1H3,(H5,13,14,15,16,17). The summed E-state index contributed by atoms with van der Waals surface area (Å²) < 4.78 is 0. The minimum absolute atomic E-state index is 0.218. The normalized spacial score (nSPS) is 10.4. The second-order valence-corrected chi connectivity index (χ2v) is 4.23. The molecule has 0 amide bonds. The maximum Gasteiger partial charge on any atom is 0.223 e. The fourth-order valence-corrected chi connectivity index (χ4v) is 1.70. The van der Waals surface area contributed by atoms with Crippen LogP contribution in [0.1, 0.15) is 45.4 Å². The van der Waals surface area contributed by atoms with Crippen molar-refractivity contribution in [2.24, 2.45) is 0 Å². The Balaban J connectivity index is 2.13. The van der Waals surface area contributed by atoms with Gasteiger partial charge in [0.05, 0.1) is 0 Å². The van der Waals surface area contributed by atoms with Gasteiger partial charge in [0.25, 0.3) is 0 Å². The molecule has 0 aliphatic carbocycles. The first-order valence-electron chi connectivity index (χ1n) is 6.36. The van der Waals surface area contributed by atoms with Gasteiger partial charge in [-0.15, -0.1) is 0 Å². The highest BCUT2D eigenvalue weighted by atomic mass is 15.1. The topological polar surface area (TPSA) is 89.8 Å². The molecule has 0 aromatic carbocycles. The van der Waals surface area contributed by atoms with Gasteiger partial charge in [0.15, 0.2) is 0 Å². The lowest BCUT2D eigenvalue weighted by Crippen LogP contribution is -2.07. The van der Waals surface area contributed by atoms with Gasteiger partial charge < -0.3 is 16.8 Å². The van der Waals surface area contributed by atoms with Crippen molar-refractivity contribution in [3.63, 3.8) is 0 Å². The summed E-state index contributed by atoms with van der Waals surface area (Å²) in [5.41, 5.74) is 11.1. The number of nitrogen functional groups attached to an aromatic ring is 2. The second kappa shape index (κ2) is 7.70. The van der Waals surface area contributed by atoms with Gasteiger partial charge >= 0.3 is 0 Å². The summed E-state index contributed by atoms with van der Waals surface area (Å²) in [6.07, 6.45) is 7.67. The summed E-state index contributed by atoms with van der Waals surface area (Å²) in [5, 5.41) is 3.21. The van der Waals surface area contributed by atoms with Crippen LogP contribution in [0, 0.1) is 0 Å². The van der Waals surface area contributed by atoms with Gasteiger partial charge in [-0.25, -0.2) is 0 Å². The number of nitrogens with zero attached hydrogens (tertiary/aromatic N) is 2. The Morgan fingerprint density at radius 2 is 1.76 bits per heavy atom. The molecule has 17 heavy (non-hydrogen) atoms. The third kappa shape index (κ3) is 5.94. The molecule has 0 bridgehead atoms. The molecule has 0 atom stereocenters. The lowest BCUT2D eigenvalue weighted by molar-refractivity contribution is 0.617. The van der Waals surface area contributed by atoms with E-state index >= 15 is 0 Å². The van der Waals surface area contributed by atoms with Crippen molar-refractivity contribution in [1.82, 2.24) is 9.97 Å². The van der Waals surface area contributed by atoms with Gasteiger partial charge in [0, 0.05) is 12.6 Å². The zero-order chi connectivity index (χ0) is 12.5. The third-order valence-electron chi connectivity index (χ3n) is 2.60. The lowest BCUT2D eigenvalue weighted by atomic mass is 10.1. The molecule has 0 saturated carbocycles. The zero-order valence-corrected chi connectivity index (χ0v) is 10.6. The molecule has 0 fully saturated rings. The van der Waals surface area contributed by atoms with E-state index < -0.39 is 0 Å². The molecule has 1 rings (SSSR count). The van der Waals surface area contributed by atoms with E-state index in [1.165, 1.54) is 32.1 Å². The molecule has 96 valence electrons. The van der Waals surface area contributed by atoms with E-state index in [1.54, 1.807) is 6.07 Å². The Kier molecular flexibility index (Phi) is 6.14. The molecule has 1 heterocycles. The summed E-state index contributed by atoms with van der Waals surface area (Å²) in [6.45, 7) is 3.13. The van der Waals surface area contributed by atoms with Crippen LogP contribution < -0.4 is 16.8 Å². The quantitative estimate of drug-likeness (QED) is 0.604. The molecule has 0 unspecified atom stereocenters. The summed E-state index contributed by atoms with van der Waals surface area (Å²) in [7, 11) is 0. The van der Waals surface area contributed by atoms with E-state index in [0.29, 0.717) is 11.6 Å². The molecule has 0 radical (unpaired) electrons. The lowest BCUT2D eigenvalue weighted by Gasteiger charge is -2.06. The maximum absolute atomic E-state index is 5.57. The molecule has 5 nitrogen and oxygen atoms in total. The van der Waals surface area contributed by atoms with Gasteiger partial charge in [-0.1, -0.05) is 39.0 Å². The molecule has 5 N–H and O–H groups in total. The van der Waals surface area contributed by atoms with Crippen LogP contribution >= 0.6 is 0 Å². The van der Waals surface area contributed by atoms with Crippen molar-refractivity contribution in [1.29, 1.82) is 0 Å². The van der Waals surface area contributed by atoms with E-state index in [1.807, 2.05) is 0 Å². The molecular formula is C12H23N5. The van der Waals surface area contributed by atoms with E-state index in [4.69, 9.17) is 11.5 Å². The van der Waals surface area contributed by atoms with Crippen LogP contribution in [0.5, 0.6) is 0 Å². The van der Waals surface area contributed by atoms with Gasteiger partial charge in [0.2, 0.25) is 5.95 Å². The summed E-state index contributed by atoms with van der Waals surface area (Å²) in [6, 6.07) is 1.70. The van der Waals surface area contributed by atoms with Gasteiger partial charge in [-0.05, 0) is 6.42 Å². The maximum atomic E-state index is 5.57. The van der Waals surface area contributed by atoms with E-state index in [0.717, 1.165) is 13.0 Å². The second-order valence-electron chi connectivity index (χ2n) is 4.23. The van der Waals surface area contributed by atoms with Crippen molar-refractivity contribution >= 4 is 17.6 Å². The molecule has 0 spiro atoms. The predicted molar refractivity (Wildman–Crippen MR) is 72.7 cm³/mol. The minimum Gasteiger partial charge on any atom is -0.383 e. The summed E-state index contributed by atoms with van der Waals surface area (Å²) >= 11 is 0. The Morgan fingerprint density at radius 3 is 2.47 bits per heavy atom. The fraction of sp³-hybridized carbons (Fsp3) is 0.667. The van der Waals surface area contributed by atoms with Crippen LogP contribution in [0.15, 0.2) is 6.07 Å². The van der Waals surface area contributed by atoms with Crippen molar-refractivity contribution < 1.29 is 0 Å². The Bertz CT molecular complexity index is 306. The largest absolute Gasteiger partial charge is 0.383 e. The van der Waals surface area contributed by atoms with Crippen molar-refractivity contribution in [2.45, 2.75) is 45.4 Å². The Labute approximate surface area is 103 Å². The fourth-order valence-electron chi connectivity index (χ4n) is 1.70. The molecule has 0 aliphatic heterocycles. The van der Waals surface area contributed by atoms with Crippen LogP contribution in [-0.2, 0) is 0 Å². The molecule has 1 aromatic rings. The molecule has 0 saturated heterocycles. The monoisotopic (exact) mass is 237 g/mol. The van der Waals surface area contributed by atoms with Crippen LogP contribution in [0.4, 0.5) is 17.6 Å². The van der Waals surface area contributed by atoms with Gasteiger partial charge in [-0.3, -0.25) is 0 Å². The highest BCUT2D eigenvalue weighted by Gasteiger charge is 1.98. The van der Waals surface area contributed by atoms with Crippen LogP contribution in [-0.4, -0.2) is 16.5 Å². The van der Waals surface area contributed by atoms with Gasteiger partial charge in [-0.2, -0.15) is 9.97 Å². The minimum atomic E-state index is 0.218. The molecular weight excluding hydrogens is 214 g/mol. The van der Waals surface area contributed by atoms with E-state index in [-0.39, 0.29) is 5.95 Å². The number of nitrogens with one attached hydrogen (secondary N) is 1. The first kappa shape index (κ1) is 13.5. The van der Waals surface area contributed by atoms with E-state index in [2.05, 4.69) is 22.2 Å². The van der Waals surface area contributed by atoms with Crippen molar-refractivity contribution in [2.75, 3.05) is 23.3 Å². The highest BCUT2D eigenvalue weighted by molar-refractivity contribution is 5.48. The predicted octanol–water partition coefficient (Wildman–Crippen LogP) is 2.41. The van der Waals surface area contributed by atoms with Crippen molar-refractivity contribution in [3.05, 3.63) is 6.07 Å². The van der Waals surface area contributed by atoms with Crippen molar-refractivity contribution in [3.8, 4) is 0 Å². The number of unbranched alkanes of at least 4 members (excludes halogenated alkanes) is 5. The smallest absolute Gasteiger partial charge is 0.223 e. The highest BCUT2D eigenvalue weighted by Crippen LogP contribution is 2.10. The molecule has 0 aliphatic rings. The third-order valence-corrected chi connectivity index (χ3v) is 2.60. The number of hydrogen-bond acceptors (Lipinski definition) is 5. The Hall–Kier alpha value is -1.52. The molecule has 1 aromatic heterocycles. The first-order chi connectivity index (χ1) is 8.22. The average Bonchev–Trinajstić information content (AvgIpc) is 2.26. The Morgan fingerprint density at radius 1 is 1.06 bits per heavy atom. The van der Waals surface area contributed by atoms with Crippen LogP contribution in [0.2, 0.25) is 0 Å². The van der Waals surface area contributed by atoms with Crippen LogP contribution in [0.25, 0.3) is 0 Å². The van der Waals surface area contributed by atoms with Crippen LogP contribution in [0.3, 0.4) is 0 Å². The number of rotatable bonds is 8. The van der Waals surface area contributed by atoms with Gasteiger partial charge in [0.1, 0.15) is 11.6 Å². The first-order valence-corrected chi connectivity index (χ1v) is 6.36. The number of nitrogens with two attached hydrogens (primary N) is 2. The number of hydrogen-bond donors (Lipinski definition) is 3. The zero-order valence-electron chi connectivity index (χ0n) is 10.6. The number of anilines is 3.